The molecule has 0 atom stereocenters. The fraction of sp³-hybridized carbons (Fsp3) is 0.0909. The van der Waals surface area contributed by atoms with Crippen LogP contribution in [0.5, 0.6) is 0 Å². The second-order valence-electron chi connectivity index (χ2n) is 3.04. The van der Waals surface area contributed by atoms with E-state index in [4.69, 9.17) is 21.8 Å². The largest absolute Gasteiger partial charge is 0.481 e. The Morgan fingerprint density at radius 1 is 1.31 bits per heavy atom. The van der Waals surface area contributed by atoms with Crippen LogP contribution < -0.4 is 0 Å². The summed E-state index contributed by atoms with van der Waals surface area (Å²) < 4.78 is 0. The monoisotopic (exact) mass is 240 g/mol. The van der Waals surface area contributed by atoms with E-state index < -0.39 is 11.9 Å². The number of hydrogen-bond acceptors (Lipinski definition) is 2. The molecule has 0 aliphatic rings. The minimum atomic E-state index is -1.05. The summed E-state index contributed by atoms with van der Waals surface area (Å²) >= 11 is 5.82. The Bertz CT molecular complexity index is 451. The molecular formula is C11H9ClO4. The van der Waals surface area contributed by atoms with Crippen molar-refractivity contribution < 1.29 is 19.8 Å². The molecule has 0 bridgehead atoms. The average molecular weight is 241 g/mol. The predicted octanol–water partition coefficient (Wildman–Crippen LogP) is 2.53. The molecule has 84 valence electrons. The van der Waals surface area contributed by atoms with Gasteiger partial charge in [-0.2, -0.15) is 0 Å². The van der Waals surface area contributed by atoms with Gasteiger partial charge in [0, 0.05) is 5.02 Å². The summed E-state index contributed by atoms with van der Waals surface area (Å²) in [5.41, 5.74) is 0.599. The van der Waals surface area contributed by atoms with Gasteiger partial charge in [0.1, 0.15) is 0 Å². The van der Waals surface area contributed by atoms with Gasteiger partial charge in [0.2, 0.25) is 0 Å². The van der Waals surface area contributed by atoms with Crippen molar-refractivity contribution in [1.29, 1.82) is 0 Å². The number of aliphatic carboxylic acids is 1. The summed E-state index contributed by atoms with van der Waals surface area (Å²) in [6.45, 7) is 0. The molecule has 16 heavy (non-hydrogen) atoms. The van der Waals surface area contributed by atoms with Gasteiger partial charge in [0.25, 0.3) is 0 Å². The zero-order valence-corrected chi connectivity index (χ0v) is 8.94. The highest BCUT2D eigenvalue weighted by Gasteiger charge is 2.05. The number of halogens is 1. The van der Waals surface area contributed by atoms with E-state index in [2.05, 4.69) is 0 Å². The van der Waals surface area contributed by atoms with E-state index in [1.54, 1.807) is 0 Å². The lowest BCUT2D eigenvalue weighted by atomic mass is 10.1. The Hall–Kier alpha value is -1.81. The molecule has 1 rings (SSSR count). The maximum Gasteiger partial charge on any atom is 0.335 e. The van der Waals surface area contributed by atoms with Crippen LogP contribution in [-0.2, 0) is 4.79 Å². The normalized spacial score (nSPS) is 10.6. The van der Waals surface area contributed by atoms with E-state index in [1.165, 1.54) is 30.4 Å². The lowest BCUT2D eigenvalue weighted by Gasteiger charge is -2.00. The number of carboxylic acid groups (broad SMARTS) is 2. The van der Waals surface area contributed by atoms with Gasteiger partial charge < -0.3 is 10.2 Å². The van der Waals surface area contributed by atoms with Crippen molar-refractivity contribution in [3.8, 4) is 0 Å². The van der Waals surface area contributed by atoms with Gasteiger partial charge in [-0.05, 0) is 23.8 Å². The van der Waals surface area contributed by atoms with Crippen LogP contribution in [0.1, 0.15) is 22.3 Å². The molecule has 0 aromatic heterocycles. The summed E-state index contributed by atoms with van der Waals surface area (Å²) in [5, 5.41) is 17.6. The van der Waals surface area contributed by atoms with Crippen LogP contribution in [0.4, 0.5) is 0 Å². The second kappa shape index (κ2) is 5.32. The smallest absolute Gasteiger partial charge is 0.335 e. The van der Waals surface area contributed by atoms with Gasteiger partial charge >= 0.3 is 11.9 Å². The molecular weight excluding hydrogens is 232 g/mol. The van der Waals surface area contributed by atoms with E-state index in [9.17, 15) is 9.59 Å². The number of rotatable bonds is 4. The van der Waals surface area contributed by atoms with E-state index >= 15 is 0 Å². The van der Waals surface area contributed by atoms with Gasteiger partial charge in [-0.1, -0.05) is 23.8 Å². The highest BCUT2D eigenvalue weighted by Crippen LogP contribution is 2.19. The lowest BCUT2D eigenvalue weighted by Crippen LogP contribution is -1.96. The number of carbonyl (C=O) groups is 2. The molecule has 5 heteroatoms. The van der Waals surface area contributed by atoms with Crippen molar-refractivity contribution >= 4 is 29.6 Å². The van der Waals surface area contributed by atoms with Crippen LogP contribution >= 0.6 is 11.6 Å². The van der Waals surface area contributed by atoms with Crippen molar-refractivity contribution in [3.05, 3.63) is 40.4 Å². The molecule has 0 fully saturated rings. The molecule has 0 aliphatic heterocycles. The third-order valence-electron chi connectivity index (χ3n) is 1.83. The van der Waals surface area contributed by atoms with Crippen LogP contribution in [0.3, 0.4) is 0 Å². The fourth-order valence-electron chi connectivity index (χ4n) is 1.09. The van der Waals surface area contributed by atoms with Gasteiger partial charge in [-0.25, -0.2) is 4.79 Å². The van der Waals surface area contributed by atoms with Gasteiger partial charge in [0.05, 0.1) is 12.0 Å². The van der Waals surface area contributed by atoms with E-state index in [1.807, 2.05) is 0 Å². The number of aromatic carboxylic acids is 1. The molecule has 0 spiro atoms. The molecule has 0 saturated heterocycles. The molecule has 4 nitrogen and oxygen atoms in total. The van der Waals surface area contributed by atoms with Crippen LogP contribution in [0.15, 0.2) is 24.3 Å². The first kappa shape index (κ1) is 12.3. The lowest BCUT2D eigenvalue weighted by molar-refractivity contribution is -0.135. The summed E-state index contributed by atoms with van der Waals surface area (Å²) in [5.74, 6) is -2.01. The van der Waals surface area contributed by atoms with Gasteiger partial charge in [-0.3, -0.25) is 4.79 Å². The van der Waals surface area contributed by atoms with Crippen LogP contribution in [0.2, 0.25) is 5.02 Å². The average Bonchev–Trinajstić information content (AvgIpc) is 2.20. The molecule has 1 aromatic rings. The summed E-state index contributed by atoms with van der Waals surface area (Å²) in [6.07, 6.45) is 2.77. The minimum absolute atomic E-state index is 0.111. The van der Waals surface area contributed by atoms with Gasteiger partial charge in [-0.15, -0.1) is 0 Å². The second-order valence-corrected chi connectivity index (χ2v) is 3.45. The van der Waals surface area contributed by atoms with Gasteiger partial charge in [0.15, 0.2) is 0 Å². The maximum atomic E-state index is 10.7. The Morgan fingerprint density at radius 2 is 2.00 bits per heavy atom. The molecule has 0 radical (unpaired) electrons. The van der Waals surface area contributed by atoms with E-state index in [0.717, 1.165) is 0 Å². The molecule has 1 aromatic carbocycles. The number of hydrogen-bond donors (Lipinski definition) is 2. The number of carboxylic acids is 2. The van der Waals surface area contributed by atoms with Crippen molar-refractivity contribution in [2.45, 2.75) is 6.42 Å². The fourth-order valence-corrected chi connectivity index (χ4v) is 1.27. The molecule has 2 N–H and O–H groups in total. The topological polar surface area (TPSA) is 74.6 Å². The van der Waals surface area contributed by atoms with E-state index in [0.29, 0.717) is 10.6 Å². The third kappa shape index (κ3) is 3.40. The zero-order chi connectivity index (χ0) is 12.1. The third-order valence-corrected chi connectivity index (χ3v) is 2.18. The van der Waals surface area contributed by atoms with Crippen LogP contribution in [0, 0.1) is 0 Å². The standard InChI is InChI=1S/C11H9ClO4/c12-9-5-4-8(11(15)16)6-7(9)2-1-3-10(13)14/h1-2,4-6H,3H2,(H,13,14)(H,15,16). The quantitative estimate of drug-likeness (QED) is 0.848. The van der Waals surface area contributed by atoms with Crippen molar-refractivity contribution in [3.63, 3.8) is 0 Å². The van der Waals surface area contributed by atoms with Crippen LogP contribution in [-0.4, -0.2) is 22.2 Å². The maximum absolute atomic E-state index is 10.7. The van der Waals surface area contributed by atoms with Crippen molar-refractivity contribution in [2.75, 3.05) is 0 Å². The van der Waals surface area contributed by atoms with E-state index in [-0.39, 0.29) is 12.0 Å². The Balaban J connectivity index is 2.94. The molecule has 0 amide bonds. The minimum Gasteiger partial charge on any atom is -0.481 e. The first-order valence-corrected chi connectivity index (χ1v) is 4.79. The first-order chi connectivity index (χ1) is 7.50. The molecule has 0 saturated carbocycles. The summed E-state index contributed by atoms with van der Waals surface area (Å²) in [7, 11) is 0. The summed E-state index contributed by atoms with van der Waals surface area (Å²) in [6, 6.07) is 4.24. The predicted molar refractivity (Wildman–Crippen MR) is 59.7 cm³/mol. The summed E-state index contributed by atoms with van der Waals surface area (Å²) in [4.78, 5) is 21.0. The van der Waals surface area contributed by atoms with Crippen LogP contribution in [0.25, 0.3) is 6.08 Å². The van der Waals surface area contributed by atoms with Crippen molar-refractivity contribution in [1.82, 2.24) is 0 Å². The number of benzene rings is 1. The molecule has 0 heterocycles. The highest BCUT2D eigenvalue weighted by molar-refractivity contribution is 6.32. The first-order valence-electron chi connectivity index (χ1n) is 4.42. The Kier molecular flexibility index (Phi) is 4.08. The molecule has 0 aliphatic carbocycles. The Morgan fingerprint density at radius 3 is 2.56 bits per heavy atom. The Labute approximate surface area is 96.8 Å². The van der Waals surface area contributed by atoms with Crippen molar-refractivity contribution in [2.24, 2.45) is 0 Å². The molecule has 0 unspecified atom stereocenters. The SMILES string of the molecule is O=C(O)CC=Cc1cc(C(=O)O)ccc1Cl. The zero-order valence-electron chi connectivity index (χ0n) is 8.18. The highest BCUT2D eigenvalue weighted by atomic mass is 35.5.